The van der Waals surface area contributed by atoms with Gasteiger partial charge in [0.2, 0.25) is 0 Å². The summed E-state index contributed by atoms with van der Waals surface area (Å²) in [4.78, 5) is 37.5. The van der Waals surface area contributed by atoms with E-state index < -0.39 is 29.7 Å². The molecule has 0 spiro atoms. The van der Waals surface area contributed by atoms with Gasteiger partial charge in [-0.25, -0.2) is 4.79 Å². The maximum Gasteiger partial charge on any atom is 1.00 e. The number of nitrogens with one attached hydrogen (secondary N) is 1. The minimum Gasteiger partial charge on any atom is -1.00 e. The minimum atomic E-state index is -4.59. The summed E-state index contributed by atoms with van der Waals surface area (Å²) in [7, 11) is 0. The third kappa shape index (κ3) is 18.2. The van der Waals surface area contributed by atoms with E-state index >= 15 is 0 Å². The number of halogens is 9. The zero-order valence-electron chi connectivity index (χ0n) is 42.6. The van der Waals surface area contributed by atoms with Crippen molar-refractivity contribution in [1.82, 2.24) is 19.9 Å². The number of fused-ring (bicyclic) bond motifs is 4. The monoisotopic (exact) mass is 1410 g/mol. The van der Waals surface area contributed by atoms with Gasteiger partial charge >= 0.3 is 156 Å². The van der Waals surface area contributed by atoms with Gasteiger partial charge in [0.05, 0.1) is 46.2 Å². The summed E-state index contributed by atoms with van der Waals surface area (Å²) in [5.74, 6) is 0.585. The van der Waals surface area contributed by atoms with Crippen LogP contribution in [0.4, 0.5) is 26.3 Å². The second kappa shape index (κ2) is 33.5. The van der Waals surface area contributed by atoms with Gasteiger partial charge in [0.1, 0.15) is 11.5 Å². The molecule has 4 heterocycles. The number of hydrogen-bond acceptors (Lipinski definition) is 12. The predicted molar refractivity (Wildman–Crippen MR) is 271 cm³/mol. The largest absolute Gasteiger partial charge is 1.00 e. The first-order chi connectivity index (χ1) is 34.9. The van der Waals surface area contributed by atoms with Gasteiger partial charge in [-0.1, -0.05) is 83.6 Å². The number of H-pyrrole nitrogens is 1. The number of aryl methyl sites for hydroxylation is 3. The molecule has 0 bridgehead atoms. The number of rotatable bonds is 17. The Morgan fingerprint density at radius 2 is 1.28 bits per heavy atom. The second-order valence-corrected chi connectivity index (χ2v) is 17.2. The van der Waals surface area contributed by atoms with Gasteiger partial charge < -0.3 is 44.4 Å². The van der Waals surface area contributed by atoms with Crippen molar-refractivity contribution < 1.29 is 213 Å². The van der Waals surface area contributed by atoms with Crippen LogP contribution in [0, 0.1) is 0 Å². The zero-order chi connectivity index (χ0) is 53.5. The maximum atomic E-state index is 13.2. The van der Waals surface area contributed by atoms with Crippen molar-refractivity contribution in [2.75, 3.05) is 25.2 Å². The molecule has 0 radical (unpaired) electrons. The Morgan fingerprint density at radius 1 is 0.763 bits per heavy atom. The third-order valence-corrected chi connectivity index (χ3v) is 12.1. The van der Waals surface area contributed by atoms with Crippen molar-refractivity contribution in [3.05, 3.63) is 117 Å². The second-order valence-electron chi connectivity index (χ2n) is 15.7. The molecular formula is C51H53BrCl2Cs2F6N4O10. The predicted octanol–water partition coefficient (Wildman–Crippen LogP) is 8.23. The summed E-state index contributed by atoms with van der Waals surface area (Å²) in [5.41, 5.74) is 2.22. The van der Waals surface area contributed by atoms with Gasteiger partial charge in [-0.2, -0.15) is 26.3 Å². The molecule has 0 amide bonds. The Morgan fingerprint density at radius 3 is 1.75 bits per heavy atom. The van der Waals surface area contributed by atoms with Gasteiger partial charge in [0.15, 0.2) is 28.3 Å². The van der Waals surface area contributed by atoms with E-state index in [2.05, 4.69) is 36.1 Å². The van der Waals surface area contributed by atoms with Crippen LogP contribution in [0.3, 0.4) is 0 Å². The standard InChI is InChI=1S/C25H24ClF3N2O4.C14H15BrF3NO2.C10H8ClNO.CH2O3.CH4.2Cs.H/c1-3-6-16-20(10-8-18-22(16)35-30-23(18)25(27,28)29)34-14-5-12-31-13-11-15-19(31)9-7-17(21(15)26)24(32)33-4-2;1-2-4-9-11(20-8-3-7-15)6-5-10-12(9)21-19-13(10)14(16,17)18;1-6(13)7-2-3-9-8(10(7)11)4-5-12-9;2-1-4-3;;;;/h7-11,13H,3-6,12,14H2,1-2H3;5-6H,2-4,7-8H2,1H3;2-5,12H,1H3;1,3H;1H4;;;/q;;;;;2*+1;-1/p-1. The summed E-state index contributed by atoms with van der Waals surface area (Å²) in [6.45, 7) is 8.66. The number of alkyl halides is 7. The number of ketones is 1. The quantitative estimate of drug-likeness (QED) is 0.0135. The molecule has 402 valence electrons. The van der Waals surface area contributed by atoms with Gasteiger partial charge in [-0.3, -0.25) is 9.59 Å². The molecule has 25 heteroatoms. The summed E-state index contributed by atoms with van der Waals surface area (Å²) in [6, 6.07) is 16.6. The van der Waals surface area contributed by atoms with E-state index in [0.29, 0.717) is 89.2 Å². The third-order valence-electron chi connectivity index (χ3n) is 10.7. The number of nitrogens with zero attached hydrogens (tertiary/aromatic N) is 3. The maximum absolute atomic E-state index is 13.2. The number of hydrogen-bond donors (Lipinski definition) is 1. The van der Waals surface area contributed by atoms with E-state index in [1.54, 1.807) is 37.4 Å². The fraction of sp³-hybridized carbons (Fsp3) is 0.353. The number of carbonyl (C=O) groups excluding carboxylic acids is 3. The first-order valence-electron chi connectivity index (χ1n) is 22.6. The molecule has 0 unspecified atom stereocenters. The fourth-order valence-corrected chi connectivity index (χ4v) is 8.44. The van der Waals surface area contributed by atoms with E-state index in [9.17, 15) is 35.9 Å². The summed E-state index contributed by atoms with van der Waals surface area (Å²) < 4.78 is 107. The molecule has 4 aromatic heterocycles. The number of ether oxygens (including phenoxy) is 3. The fourth-order valence-electron chi connectivity index (χ4n) is 7.55. The number of Topliss-reactive ketones (excluding diaryl/α,β-unsaturated/α-hetero) is 1. The minimum absolute atomic E-state index is 0. The summed E-state index contributed by atoms with van der Waals surface area (Å²) in [5, 5.41) is 18.1. The van der Waals surface area contributed by atoms with Crippen molar-refractivity contribution in [2.24, 2.45) is 0 Å². The molecule has 14 nitrogen and oxygen atoms in total. The topological polar surface area (TPSA) is 184 Å². The van der Waals surface area contributed by atoms with Crippen molar-refractivity contribution in [2.45, 2.75) is 92.5 Å². The number of aromatic nitrogens is 4. The van der Waals surface area contributed by atoms with E-state index in [1.165, 1.54) is 19.1 Å². The van der Waals surface area contributed by atoms with Crippen molar-refractivity contribution in [1.29, 1.82) is 0 Å². The van der Waals surface area contributed by atoms with Crippen LogP contribution in [0.25, 0.3) is 43.7 Å². The molecule has 0 aliphatic rings. The average Bonchev–Trinajstić information content (AvgIpc) is 4.19. The van der Waals surface area contributed by atoms with Crippen LogP contribution in [0.1, 0.15) is 105 Å². The molecule has 0 aliphatic carbocycles. The van der Waals surface area contributed by atoms with Crippen LogP contribution >= 0.6 is 39.1 Å². The number of carbonyl (C=O) groups is 3. The van der Waals surface area contributed by atoms with E-state index in [1.807, 2.05) is 48.9 Å². The molecule has 8 rings (SSSR count). The Balaban J connectivity index is 0.000000600. The molecule has 0 saturated heterocycles. The van der Waals surface area contributed by atoms with Gasteiger partial charge in [0, 0.05) is 62.8 Å². The summed E-state index contributed by atoms with van der Waals surface area (Å²) >= 11 is 15.8. The Labute approximate surface area is 571 Å². The zero-order valence-corrected chi connectivity index (χ0v) is 57.3. The Kier molecular flexibility index (Phi) is 30.9. The number of esters is 1. The molecule has 8 aromatic rings. The normalized spacial score (nSPS) is 10.9. The SMILES string of the molecule is C.CC(=O)c1ccc2[nH]ccc2c1Cl.CCCc1c(OCCCBr)ccc2c(C(F)(F)F)noc12.CCCc1c(OCCCn2ccc3c(Cl)c(C(=O)OCC)ccc32)ccc2c(C(F)(F)F)noc12.O=CO[O-].[Cs+].[Cs+].[H-]. The molecule has 0 atom stereocenters. The van der Waals surface area contributed by atoms with Crippen LogP contribution < -0.4 is 153 Å². The smallest absolute Gasteiger partial charge is 1.00 e. The van der Waals surface area contributed by atoms with Crippen LogP contribution in [-0.2, 0) is 46.2 Å². The molecule has 4 aromatic carbocycles. The first-order valence-corrected chi connectivity index (χ1v) is 24.5. The Bertz CT molecular complexity index is 3150. The van der Waals surface area contributed by atoms with Crippen molar-refractivity contribution >= 4 is 101 Å². The molecular weight excluding hydrogens is 1360 g/mol. The molecule has 0 aliphatic heterocycles. The molecule has 0 fully saturated rings. The first kappa shape index (κ1) is 69.9. The van der Waals surface area contributed by atoms with Gasteiger partial charge in [0.25, 0.3) is 6.47 Å². The van der Waals surface area contributed by atoms with E-state index in [-0.39, 0.29) is 187 Å². The average molecular weight is 1410 g/mol. The Hall–Kier alpha value is -2.19. The molecule has 0 saturated carbocycles. The van der Waals surface area contributed by atoms with Crippen LogP contribution in [-0.4, -0.2) is 63.2 Å². The van der Waals surface area contributed by atoms with Crippen LogP contribution in [0.2, 0.25) is 10.0 Å². The van der Waals surface area contributed by atoms with Crippen LogP contribution in [0.15, 0.2) is 82.1 Å². The van der Waals surface area contributed by atoms with Gasteiger partial charge in [-0.05, 0) is 100 Å². The van der Waals surface area contributed by atoms with Crippen molar-refractivity contribution in [3.8, 4) is 11.5 Å². The summed E-state index contributed by atoms with van der Waals surface area (Å²) in [6.07, 6.45) is -1.41. The van der Waals surface area contributed by atoms with Crippen molar-refractivity contribution in [3.63, 3.8) is 0 Å². The van der Waals surface area contributed by atoms with Crippen LogP contribution in [0.5, 0.6) is 11.5 Å². The molecule has 1 N–H and O–H groups in total. The number of benzene rings is 4. The molecule has 76 heavy (non-hydrogen) atoms. The number of aromatic amines is 1. The van der Waals surface area contributed by atoms with E-state index in [0.717, 1.165) is 40.0 Å². The van der Waals surface area contributed by atoms with E-state index in [4.69, 9.17) is 56.5 Å². The van der Waals surface area contributed by atoms with Gasteiger partial charge in [-0.15, -0.1) is 0 Å².